The van der Waals surface area contributed by atoms with Crippen LogP contribution in [0.25, 0.3) is 0 Å². The Morgan fingerprint density at radius 2 is 1.55 bits per heavy atom. The molecule has 3 aromatic carbocycles. The first-order valence-corrected chi connectivity index (χ1v) is 15.6. The summed E-state index contributed by atoms with van der Waals surface area (Å²) < 4.78 is 53.6. The molecule has 1 aromatic heterocycles. The number of sulfone groups is 1. The lowest BCUT2D eigenvalue weighted by Gasteiger charge is -2.26. The number of amides is 1. The predicted molar refractivity (Wildman–Crippen MR) is 149 cm³/mol. The van der Waals surface area contributed by atoms with Crippen LogP contribution in [0.2, 0.25) is 0 Å². The van der Waals surface area contributed by atoms with Gasteiger partial charge in [0.15, 0.2) is 5.13 Å². The van der Waals surface area contributed by atoms with Gasteiger partial charge in [0.1, 0.15) is 4.21 Å². The summed E-state index contributed by atoms with van der Waals surface area (Å²) in [6.07, 6.45) is 1.08. The number of carbonyl (C=O) groups excluding carboxylic acids is 1. The van der Waals surface area contributed by atoms with E-state index in [0.717, 1.165) is 36.0 Å². The summed E-state index contributed by atoms with van der Waals surface area (Å²) >= 11 is 0.716. The van der Waals surface area contributed by atoms with Crippen molar-refractivity contribution in [3.63, 3.8) is 0 Å². The third-order valence-electron chi connectivity index (χ3n) is 5.81. The Labute approximate surface area is 235 Å². The van der Waals surface area contributed by atoms with Gasteiger partial charge in [0.25, 0.3) is 11.6 Å². The van der Waals surface area contributed by atoms with Crippen molar-refractivity contribution < 1.29 is 26.6 Å². The number of carbonyl (C=O) groups is 1. The Hall–Kier alpha value is -3.98. The van der Waals surface area contributed by atoms with Gasteiger partial charge in [-0.2, -0.15) is 4.31 Å². The van der Waals surface area contributed by atoms with Crippen molar-refractivity contribution in [2.75, 3.05) is 5.32 Å². The van der Waals surface area contributed by atoms with E-state index in [1.54, 1.807) is 13.8 Å². The second-order valence-corrected chi connectivity index (χ2v) is 13.9. The monoisotopic (exact) mass is 600 g/mol. The van der Waals surface area contributed by atoms with Crippen LogP contribution < -0.4 is 5.32 Å². The highest BCUT2D eigenvalue weighted by Crippen LogP contribution is 2.30. The summed E-state index contributed by atoms with van der Waals surface area (Å²) in [5.74, 6) is -0.609. The highest BCUT2D eigenvalue weighted by Gasteiger charge is 2.28. The van der Waals surface area contributed by atoms with Crippen LogP contribution in [0.1, 0.15) is 29.8 Å². The minimum absolute atomic E-state index is 0.0102. The quantitative estimate of drug-likeness (QED) is 0.202. The van der Waals surface area contributed by atoms with Crippen molar-refractivity contribution in [1.82, 2.24) is 9.29 Å². The Morgan fingerprint density at radius 3 is 2.12 bits per heavy atom. The summed E-state index contributed by atoms with van der Waals surface area (Å²) in [6.45, 7) is 3.76. The number of benzene rings is 3. The SMILES string of the molecule is CC(C)N(Cc1ccccc1)S(=O)(=O)c1ccc(C(=O)Nc2ncc(S(=O)(=O)c3ccc([N+](=O)[O-])cc3)s2)cc1. The number of nitrogens with zero attached hydrogens (tertiary/aromatic N) is 3. The van der Waals surface area contributed by atoms with Crippen molar-refractivity contribution in [2.24, 2.45) is 0 Å². The maximum Gasteiger partial charge on any atom is 0.269 e. The molecule has 1 N–H and O–H groups in total. The van der Waals surface area contributed by atoms with E-state index < -0.39 is 30.7 Å². The molecule has 1 heterocycles. The van der Waals surface area contributed by atoms with Crippen LogP contribution in [0.3, 0.4) is 0 Å². The molecule has 4 rings (SSSR count). The fourth-order valence-electron chi connectivity index (χ4n) is 3.70. The van der Waals surface area contributed by atoms with E-state index in [2.05, 4.69) is 10.3 Å². The van der Waals surface area contributed by atoms with Crippen molar-refractivity contribution in [1.29, 1.82) is 0 Å². The Morgan fingerprint density at radius 1 is 0.950 bits per heavy atom. The molecular formula is C26H24N4O7S3. The number of hydrogen-bond donors (Lipinski definition) is 1. The zero-order valence-corrected chi connectivity index (χ0v) is 23.7. The first kappa shape index (κ1) is 29.0. The van der Waals surface area contributed by atoms with Crippen molar-refractivity contribution in [3.05, 3.63) is 106 Å². The molecular weight excluding hydrogens is 577 g/mol. The number of sulfonamides is 1. The Kier molecular flexibility index (Phi) is 8.44. The molecule has 0 unspecified atom stereocenters. The number of nitrogens with one attached hydrogen (secondary N) is 1. The van der Waals surface area contributed by atoms with Gasteiger partial charge in [0.2, 0.25) is 19.9 Å². The van der Waals surface area contributed by atoms with Crippen molar-refractivity contribution >= 4 is 47.9 Å². The predicted octanol–water partition coefficient (Wildman–Crippen LogP) is 4.74. The first-order valence-electron chi connectivity index (χ1n) is 11.8. The van der Waals surface area contributed by atoms with E-state index in [-0.39, 0.29) is 43.0 Å². The van der Waals surface area contributed by atoms with E-state index in [4.69, 9.17) is 0 Å². The van der Waals surface area contributed by atoms with Crippen LogP contribution >= 0.6 is 11.3 Å². The van der Waals surface area contributed by atoms with Gasteiger partial charge >= 0.3 is 0 Å². The number of hydrogen-bond acceptors (Lipinski definition) is 9. The number of rotatable bonds is 10. The van der Waals surface area contributed by atoms with Gasteiger partial charge in [-0.25, -0.2) is 21.8 Å². The third kappa shape index (κ3) is 6.25. The summed E-state index contributed by atoms with van der Waals surface area (Å²) in [5.41, 5.74) is 0.741. The molecule has 0 bridgehead atoms. The van der Waals surface area contributed by atoms with Gasteiger partial charge in [-0.3, -0.25) is 20.2 Å². The van der Waals surface area contributed by atoms with Crippen molar-refractivity contribution in [2.45, 2.75) is 40.4 Å². The zero-order chi connectivity index (χ0) is 29.1. The molecule has 0 aliphatic rings. The van der Waals surface area contributed by atoms with Crippen LogP contribution in [0.4, 0.5) is 10.8 Å². The third-order valence-corrected chi connectivity index (χ3v) is 11.0. The first-order chi connectivity index (χ1) is 18.9. The number of anilines is 1. The lowest BCUT2D eigenvalue weighted by Crippen LogP contribution is -2.36. The molecule has 11 nitrogen and oxygen atoms in total. The average Bonchev–Trinajstić information content (AvgIpc) is 3.41. The van der Waals surface area contributed by atoms with E-state index in [1.807, 2.05) is 30.3 Å². The number of nitro groups is 1. The van der Waals surface area contributed by atoms with E-state index in [9.17, 15) is 31.7 Å². The number of nitro benzene ring substituents is 1. The average molecular weight is 601 g/mol. The maximum absolute atomic E-state index is 13.3. The number of non-ortho nitro benzene ring substituents is 1. The van der Waals surface area contributed by atoms with Gasteiger partial charge in [-0.05, 0) is 55.8 Å². The van der Waals surface area contributed by atoms with E-state index in [0.29, 0.717) is 11.3 Å². The molecule has 40 heavy (non-hydrogen) atoms. The molecule has 208 valence electrons. The van der Waals surface area contributed by atoms with E-state index >= 15 is 0 Å². The highest BCUT2D eigenvalue weighted by molar-refractivity contribution is 7.93. The number of aromatic nitrogens is 1. The smallest absolute Gasteiger partial charge is 0.269 e. The molecule has 1 amide bonds. The molecule has 0 spiro atoms. The largest absolute Gasteiger partial charge is 0.298 e. The maximum atomic E-state index is 13.3. The second kappa shape index (κ2) is 11.6. The number of thiazole rings is 1. The topological polar surface area (TPSA) is 157 Å². The van der Waals surface area contributed by atoms with Crippen LogP contribution in [0.15, 0.2) is 99.1 Å². The lowest BCUT2D eigenvalue weighted by atomic mass is 10.2. The van der Waals surface area contributed by atoms with E-state index in [1.165, 1.54) is 28.6 Å². The van der Waals surface area contributed by atoms with Crippen molar-refractivity contribution in [3.8, 4) is 0 Å². The molecule has 0 saturated carbocycles. The summed E-state index contributed by atoms with van der Waals surface area (Å²) in [5, 5.41) is 13.3. The van der Waals surface area contributed by atoms with Gasteiger partial charge in [0.05, 0.1) is 20.9 Å². The fourth-order valence-corrected chi connectivity index (χ4v) is 7.75. The zero-order valence-electron chi connectivity index (χ0n) is 21.3. The van der Waals surface area contributed by atoms with Crippen LogP contribution in [-0.2, 0) is 26.4 Å². The van der Waals surface area contributed by atoms with Gasteiger partial charge in [0, 0.05) is 30.3 Å². The Bertz CT molecular complexity index is 1740. The molecule has 0 radical (unpaired) electrons. The summed E-state index contributed by atoms with van der Waals surface area (Å²) in [4.78, 5) is 26.8. The molecule has 0 atom stereocenters. The fraction of sp³-hybridized carbons (Fsp3) is 0.154. The van der Waals surface area contributed by atoms with Crippen LogP contribution in [-0.4, -0.2) is 43.0 Å². The normalized spacial score (nSPS) is 12.0. The van der Waals surface area contributed by atoms with Gasteiger partial charge in [-0.15, -0.1) is 0 Å². The summed E-state index contributed by atoms with van der Waals surface area (Å²) in [6, 6.07) is 18.8. The standard InChI is InChI=1S/C26H24N4O7S3/c1-18(2)29(17-19-6-4-3-5-7-19)40(36,37)23-12-8-20(9-13-23)25(31)28-26-27-16-24(38-26)39(34,35)22-14-10-21(11-15-22)30(32)33/h3-16,18H,17H2,1-2H3,(H,27,28,31). The van der Waals surface area contributed by atoms with Crippen LogP contribution in [0.5, 0.6) is 0 Å². The molecule has 0 aliphatic heterocycles. The molecule has 0 aliphatic carbocycles. The van der Waals surface area contributed by atoms with Gasteiger partial charge < -0.3 is 0 Å². The summed E-state index contributed by atoms with van der Waals surface area (Å²) in [7, 11) is -7.87. The lowest BCUT2D eigenvalue weighted by molar-refractivity contribution is -0.384. The highest BCUT2D eigenvalue weighted by atomic mass is 32.2. The van der Waals surface area contributed by atoms with Crippen LogP contribution in [0, 0.1) is 10.1 Å². The second-order valence-electron chi connectivity index (χ2n) is 8.85. The minimum atomic E-state index is -4.01. The molecule has 14 heteroatoms. The molecule has 0 saturated heterocycles. The van der Waals surface area contributed by atoms with Gasteiger partial charge in [-0.1, -0.05) is 41.7 Å². The molecule has 0 fully saturated rings. The Balaban J connectivity index is 1.48. The minimum Gasteiger partial charge on any atom is -0.298 e. The molecule has 4 aromatic rings.